The molecule has 0 spiro atoms. The molecule has 2 fully saturated rings. The Labute approximate surface area is 217 Å². The van der Waals surface area contributed by atoms with E-state index in [0.29, 0.717) is 34.3 Å². The van der Waals surface area contributed by atoms with Gasteiger partial charge < -0.3 is 10.6 Å². The lowest BCUT2D eigenvalue weighted by Crippen LogP contribution is -2.32. The van der Waals surface area contributed by atoms with Crippen LogP contribution in [0.3, 0.4) is 0 Å². The number of rotatable bonds is 5. The van der Waals surface area contributed by atoms with Crippen LogP contribution in [0.4, 0.5) is 10.2 Å². The minimum absolute atomic E-state index is 0.170. The van der Waals surface area contributed by atoms with E-state index in [1.54, 1.807) is 18.5 Å². The molecule has 4 heterocycles. The minimum Gasteiger partial charge on any atom is -0.355 e. The molecule has 186 valence electrons. The Morgan fingerprint density at radius 1 is 1.14 bits per heavy atom. The molecule has 37 heavy (non-hydrogen) atoms. The van der Waals surface area contributed by atoms with Crippen LogP contribution in [-0.4, -0.2) is 50.0 Å². The lowest BCUT2D eigenvalue weighted by Gasteiger charge is -2.26. The van der Waals surface area contributed by atoms with Gasteiger partial charge in [-0.05, 0) is 41.5 Å². The van der Waals surface area contributed by atoms with E-state index in [4.69, 9.17) is 27.3 Å². The Morgan fingerprint density at radius 3 is 2.81 bits per heavy atom. The number of benzene rings is 2. The van der Waals surface area contributed by atoms with Gasteiger partial charge in [-0.3, -0.25) is 10.2 Å². The number of nitrogens with one attached hydrogen (secondary N) is 2. The predicted octanol–water partition coefficient (Wildman–Crippen LogP) is 4.56. The molecule has 1 aliphatic heterocycles. The molecule has 10 heteroatoms. The molecule has 3 aromatic heterocycles. The van der Waals surface area contributed by atoms with E-state index in [-0.39, 0.29) is 17.2 Å². The van der Waals surface area contributed by atoms with Gasteiger partial charge >= 0.3 is 0 Å². The summed E-state index contributed by atoms with van der Waals surface area (Å²) in [5.41, 5.74) is 11.3. The maximum atomic E-state index is 14.7. The molecule has 1 saturated heterocycles. The largest absolute Gasteiger partial charge is 0.355 e. The van der Waals surface area contributed by atoms with Gasteiger partial charge in [0.1, 0.15) is 22.8 Å². The Hall–Kier alpha value is -3.82. The third kappa shape index (κ3) is 3.38. The average Bonchev–Trinajstić information content (AvgIpc) is 3.26. The average molecular weight is 515 g/mol. The fourth-order valence-electron chi connectivity index (χ4n) is 6.26. The fourth-order valence-corrected chi connectivity index (χ4v) is 6.53. The van der Waals surface area contributed by atoms with Crippen molar-refractivity contribution < 1.29 is 4.39 Å². The van der Waals surface area contributed by atoms with E-state index in [9.17, 15) is 4.39 Å². The van der Waals surface area contributed by atoms with Gasteiger partial charge in [-0.1, -0.05) is 41.9 Å². The van der Waals surface area contributed by atoms with Gasteiger partial charge in [0.25, 0.3) is 0 Å². The molecule has 1 aliphatic carbocycles. The van der Waals surface area contributed by atoms with Gasteiger partial charge in [-0.25, -0.2) is 14.4 Å². The molecular formula is C27H24ClFN8. The van der Waals surface area contributed by atoms with E-state index in [2.05, 4.69) is 25.3 Å². The summed E-state index contributed by atoms with van der Waals surface area (Å²) in [7, 11) is 0. The van der Waals surface area contributed by atoms with Gasteiger partial charge in [0.15, 0.2) is 5.65 Å². The Morgan fingerprint density at radius 2 is 2.03 bits per heavy atom. The number of anilines is 1. The second-order valence-corrected chi connectivity index (χ2v) is 10.3. The van der Waals surface area contributed by atoms with Crippen molar-refractivity contribution in [3.8, 4) is 22.4 Å². The Balaban J connectivity index is 1.16. The second kappa shape index (κ2) is 8.36. The van der Waals surface area contributed by atoms with Crippen molar-refractivity contribution in [1.29, 1.82) is 0 Å². The quantitative estimate of drug-likeness (QED) is 0.317. The van der Waals surface area contributed by atoms with Crippen molar-refractivity contribution in [3.05, 3.63) is 77.5 Å². The van der Waals surface area contributed by atoms with Crippen molar-refractivity contribution in [3.63, 3.8) is 0 Å². The van der Waals surface area contributed by atoms with E-state index in [1.165, 1.54) is 6.07 Å². The summed E-state index contributed by atoms with van der Waals surface area (Å²) < 4.78 is 14.7. The molecule has 0 radical (unpaired) electrons. The van der Waals surface area contributed by atoms with Crippen molar-refractivity contribution in [2.75, 3.05) is 24.5 Å². The first-order chi connectivity index (χ1) is 18.1. The van der Waals surface area contributed by atoms with Crippen LogP contribution >= 0.6 is 11.6 Å². The highest BCUT2D eigenvalue weighted by Crippen LogP contribution is 2.63. The molecule has 1 saturated carbocycles. The molecular weight excluding hydrogens is 491 g/mol. The number of piperidine rings is 1. The number of nitrogens with zero attached hydrogens (tertiary/aromatic N) is 5. The van der Waals surface area contributed by atoms with Gasteiger partial charge in [0.05, 0.1) is 17.4 Å². The number of aromatic nitrogens is 6. The van der Waals surface area contributed by atoms with Crippen LogP contribution < -0.4 is 10.6 Å². The highest BCUT2D eigenvalue weighted by Gasteiger charge is 2.66. The van der Waals surface area contributed by atoms with E-state index in [1.807, 2.05) is 36.5 Å². The summed E-state index contributed by atoms with van der Waals surface area (Å²) in [5.74, 6) is 1.27. The first-order valence-corrected chi connectivity index (χ1v) is 12.7. The summed E-state index contributed by atoms with van der Waals surface area (Å²) in [6.07, 6.45) is 6.29. The molecule has 0 unspecified atom stereocenters. The van der Waals surface area contributed by atoms with E-state index >= 15 is 0 Å². The summed E-state index contributed by atoms with van der Waals surface area (Å²) in [5, 5.41) is 14.9. The molecule has 2 aromatic carbocycles. The number of halogens is 2. The minimum atomic E-state index is -0.307. The van der Waals surface area contributed by atoms with Crippen LogP contribution in [0.15, 0.2) is 61.1 Å². The number of aromatic amines is 2. The summed E-state index contributed by atoms with van der Waals surface area (Å²) in [6.45, 7) is 2.02. The fraction of sp³-hybridized carbons (Fsp3) is 0.259. The standard InChI is InChI=1S/C27H24ClFN8/c28-21-9-15(16-10-32-33-11-16)5-6-17(21)24-25-26(36-35-24)34-23(12-31-25)37-8-7-18-20(13-37)27(18,14-30)19-3-1-2-4-22(19)29/h1-6,9-12,18,20H,7-8,13-14,30H2,(H,32,33)(H,34,35,36)/t18-,20+,27-/m1/s1. The van der Waals surface area contributed by atoms with Crippen molar-refractivity contribution >= 4 is 28.6 Å². The van der Waals surface area contributed by atoms with Crippen molar-refractivity contribution in [2.24, 2.45) is 17.6 Å². The van der Waals surface area contributed by atoms with Crippen LogP contribution in [0, 0.1) is 17.7 Å². The number of nitrogens with two attached hydrogens (primary N) is 1. The lowest BCUT2D eigenvalue weighted by molar-refractivity contribution is 0.533. The van der Waals surface area contributed by atoms with Gasteiger partial charge in [-0.2, -0.15) is 10.2 Å². The van der Waals surface area contributed by atoms with Crippen LogP contribution in [0.2, 0.25) is 5.02 Å². The maximum absolute atomic E-state index is 14.7. The van der Waals surface area contributed by atoms with Gasteiger partial charge in [0, 0.05) is 42.4 Å². The van der Waals surface area contributed by atoms with Crippen LogP contribution in [0.5, 0.6) is 0 Å². The normalized spacial score (nSPS) is 22.8. The zero-order valence-corrected chi connectivity index (χ0v) is 20.6. The number of hydrogen-bond acceptors (Lipinski definition) is 6. The Kier molecular flexibility index (Phi) is 5.06. The predicted molar refractivity (Wildman–Crippen MR) is 141 cm³/mol. The summed E-state index contributed by atoms with van der Waals surface area (Å²) in [4.78, 5) is 11.8. The molecule has 0 amide bonds. The topological polar surface area (TPSA) is 112 Å². The molecule has 4 N–H and O–H groups in total. The number of hydrogen-bond donors (Lipinski definition) is 3. The molecule has 0 bridgehead atoms. The molecule has 7 rings (SSSR count). The monoisotopic (exact) mass is 514 g/mol. The maximum Gasteiger partial charge on any atom is 0.177 e. The zero-order valence-electron chi connectivity index (χ0n) is 19.8. The molecule has 8 nitrogen and oxygen atoms in total. The molecule has 2 aliphatic rings. The highest BCUT2D eigenvalue weighted by atomic mass is 35.5. The third-order valence-corrected chi connectivity index (χ3v) is 8.49. The number of H-pyrrole nitrogens is 2. The first-order valence-electron chi connectivity index (χ1n) is 12.3. The van der Waals surface area contributed by atoms with Gasteiger partial charge in [0.2, 0.25) is 0 Å². The third-order valence-electron chi connectivity index (χ3n) is 8.18. The van der Waals surface area contributed by atoms with Crippen molar-refractivity contribution in [2.45, 2.75) is 11.8 Å². The van der Waals surface area contributed by atoms with Crippen LogP contribution in [-0.2, 0) is 5.41 Å². The molecule has 5 aromatic rings. The van der Waals surface area contributed by atoms with E-state index < -0.39 is 0 Å². The van der Waals surface area contributed by atoms with Crippen LogP contribution in [0.1, 0.15) is 12.0 Å². The number of fused-ring (bicyclic) bond motifs is 2. The SMILES string of the molecule is NC[C@]1(c2ccccc2F)[C@@H]2CCN(c3cnc4c(-c5ccc(-c6cn[nH]c6)cc5Cl)n[nH]c4n3)C[C@@H]21. The second-order valence-electron chi connectivity index (χ2n) is 9.85. The first kappa shape index (κ1) is 22.4. The van der Waals surface area contributed by atoms with Crippen LogP contribution in [0.25, 0.3) is 33.5 Å². The Bertz CT molecular complexity index is 1620. The smallest absolute Gasteiger partial charge is 0.177 e. The molecule has 3 atom stereocenters. The highest BCUT2D eigenvalue weighted by molar-refractivity contribution is 6.33. The van der Waals surface area contributed by atoms with Crippen molar-refractivity contribution in [1.82, 2.24) is 30.4 Å². The van der Waals surface area contributed by atoms with E-state index in [0.717, 1.165) is 47.6 Å². The zero-order chi connectivity index (χ0) is 25.1. The summed E-state index contributed by atoms with van der Waals surface area (Å²) >= 11 is 6.64. The summed E-state index contributed by atoms with van der Waals surface area (Å²) in [6, 6.07) is 12.8. The van der Waals surface area contributed by atoms with Gasteiger partial charge in [-0.15, -0.1) is 0 Å². The lowest BCUT2D eigenvalue weighted by atomic mass is 9.91.